The zero-order chi connectivity index (χ0) is 19.8. The Balaban J connectivity index is 1.31. The maximum absolute atomic E-state index is 12.5. The number of likely N-dealkylation sites (tertiary alicyclic amines) is 1. The number of hydrogen-bond acceptors (Lipinski definition) is 2. The molecular formula is C23H33ClN2O2. The van der Waals surface area contributed by atoms with Gasteiger partial charge in [0.05, 0.1) is 0 Å². The van der Waals surface area contributed by atoms with Crippen LogP contribution in [0.3, 0.4) is 0 Å². The summed E-state index contributed by atoms with van der Waals surface area (Å²) in [7, 11) is 0. The number of benzene rings is 1. The lowest BCUT2D eigenvalue weighted by atomic mass is 9.86. The number of piperidine rings is 1. The molecule has 1 aliphatic carbocycles. The van der Waals surface area contributed by atoms with Gasteiger partial charge in [-0.05, 0) is 49.3 Å². The maximum Gasteiger partial charge on any atom is 0.222 e. The normalized spacial score (nSPS) is 18.8. The van der Waals surface area contributed by atoms with E-state index in [9.17, 15) is 9.59 Å². The third-order valence-electron chi connectivity index (χ3n) is 6.26. The van der Waals surface area contributed by atoms with E-state index >= 15 is 0 Å². The smallest absolute Gasteiger partial charge is 0.222 e. The molecule has 4 nitrogen and oxygen atoms in total. The lowest BCUT2D eigenvalue weighted by molar-refractivity contribution is -0.132. The Bertz CT molecular complexity index is 633. The minimum absolute atomic E-state index is 0.193. The molecule has 0 bridgehead atoms. The van der Waals surface area contributed by atoms with Crippen molar-refractivity contribution in [1.29, 1.82) is 0 Å². The van der Waals surface area contributed by atoms with Crippen molar-refractivity contribution in [1.82, 2.24) is 10.2 Å². The molecule has 2 amide bonds. The van der Waals surface area contributed by atoms with Crippen LogP contribution in [0.4, 0.5) is 0 Å². The molecule has 1 aromatic carbocycles. The third kappa shape index (κ3) is 6.80. The van der Waals surface area contributed by atoms with Crippen LogP contribution in [0.25, 0.3) is 0 Å². The van der Waals surface area contributed by atoms with E-state index in [4.69, 9.17) is 11.6 Å². The second-order valence-corrected chi connectivity index (χ2v) is 8.83. The molecular weight excluding hydrogens is 372 g/mol. The Morgan fingerprint density at radius 3 is 2.32 bits per heavy atom. The monoisotopic (exact) mass is 404 g/mol. The van der Waals surface area contributed by atoms with Gasteiger partial charge in [-0.25, -0.2) is 0 Å². The Morgan fingerprint density at radius 1 is 0.964 bits per heavy atom. The predicted octanol–water partition coefficient (Wildman–Crippen LogP) is 4.74. The number of aryl methyl sites for hydroxylation is 1. The van der Waals surface area contributed by atoms with Gasteiger partial charge in [-0.15, -0.1) is 0 Å². The molecule has 2 fully saturated rings. The predicted molar refractivity (Wildman–Crippen MR) is 113 cm³/mol. The Morgan fingerprint density at radius 2 is 1.64 bits per heavy atom. The molecule has 0 unspecified atom stereocenters. The van der Waals surface area contributed by atoms with Gasteiger partial charge in [-0.1, -0.05) is 55.8 Å². The number of nitrogens with one attached hydrogen (secondary N) is 1. The van der Waals surface area contributed by atoms with E-state index < -0.39 is 0 Å². The summed E-state index contributed by atoms with van der Waals surface area (Å²) >= 11 is 5.90. The van der Waals surface area contributed by atoms with Gasteiger partial charge in [0.25, 0.3) is 0 Å². The zero-order valence-electron chi connectivity index (χ0n) is 16.8. The molecule has 1 aliphatic heterocycles. The number of amides is 2. The molecule has 28 heavy (non-hydrogen) atoms. The quantitative estimate of drug-likeness (QED) is 0.713. The third-order valence-corrected chi connectivity index (χ3v) is 6.51. The maximum atomic E-state index is 12.5. The van der Waals surface area contributed by atoms with Gasteiger partial charge in [-0.2, -0.15) is 0 Å². The second-order valence-electron chi connectivity index (χ2n) is 8.39. The molecule has 1 saturated carbocycles. The van der Waals surface area contributed by atoms with Gasteiger partial charge >= 0.3 is 0 Å². The van der Waals surface area contributed by atoms with Gasteiger partial charge in [0.15, 0.2) is 0 Å². The van der Waals surface area contributed by atoms with Gasteiger partial charge in [0, 0.05) is 37.0 Å². The van der Waals surface area contributed by atoms with Crippen molar-refractivity contribution >= 4 is 23.4 Å². The highest BCUT2D eigenvalue weighted by molar-refractivity contribution is 6.30. The van der Waals surface area contributed by atoms with Crippen molar-refractivity contribution in [2.45, 2.75) is 76.7 Å². The standard InChI is InChI=1S/C23H33ClN2O2/c24-20-10-6-19(7-11-20)9-13-23(28)26-16-14-21(15-17-26)25-22(27)12-8-18-4-2-1-3-5-18/h6-7,10-11,18,21H,1-5,8-9,12-17H2,(H,25,27). The van der Waals surface area contributed by atoms with E-state index in [2.05, 4.69) is 5.32 Å². The average molecular weight is 405 g/mol. The number of halogens is 1. The van der Waals surface area contributed by atoms with Crippen LogP contribution < -0.4 is 5.32 Å². The molecule has 1 N–H and O–H groups in total. The van der Waals surface area contributed by atoms with Crippen LogP contribution >= 0.6 is 11.6 Å². The minimum Gasteiger partial charge on any atom is -0.353 e. The van der Waals surface area contributed by atoms with Gasteiger partial charge in [0.2, 0.25) is 11.8 Å². The van der Waals surface area contributed by atoms with Crippen LogP contribution in [0.15, 0.2) is 24.3 Å². The molecule has 3 rings (SSSR count). The van der Waals surface area contributed by atoms with Crippen LogP contribution in [0.1, 0.15) is 69.8 Å². The Labute approximate surface area is 174 Å². The fourth-order valence-corrected chi connectivity index (χ4v) is 4.57. The molecule has 0 atom stereocenters. The lowest BCUT2D eigenvalue weighted by Crippen LogP contribution is -2.46. The number of carbonyl (C=O) groups excluding carboxylic acids is 2. The zero-order valence-corrected chi connectivity index (χ0v) is 17.6. The minimum atomic E-state index is 0.193. The first-order chi connectivity index (χ1) is 13.6. The molecule has 0 spiro atoms. The summed E-state index contributed by atoms with van der Waals surface area (Å²) < 4.78 is 0. The molecule has 5 heteroatoms. The number of rotatable bonds is 7. The van der Waals surface area contributed by atoms with Crippen LogP contribution in [0.2, 0.25) is 5.02 Å². The lowest BCUT2D eigenvalue weighted by Gasteiger charge is -2.32. The molecule has 1 aromatic rings. The highest BCUT2D eigenvalue weighted by atomic mass is 35.5. The highest BCUT2D eigenvalue weighted by Crippen LogP contribution is 2.27. The van der Waals surface area contributed by atoms with Gasteiger partial charge in [-0.3, -0.25) is 9.59 Å². The molecule has 0 radical (unpaired) electrons. The number of nitrogens with zero attached hydrogens (tertiary/aromatic N) is 1. The summed E-state index contributed by atoms with van der Waals surface area (Å²) in [5.41, 5.74) is 1.14. The first kappa shape index (κ1) is 21.2. The van der Waals surface area contributed by atoms with E-state index in [0.29, 0.717) is 12.8 Å². The fraction of sp³-hybridized carbons (Fsp3) is 0.652. The molecule has 2 aliphatic rings. The molecule has 0 aromatic heterocycles. The van der Waals surface area contributed by atoms with E-state index in [1.54, 1.807) is 0 Å². The Kier molecular flexibility index (Phi) is 8.20. The summed E-state index contributed by atoms with van der Waals surface area (Å²) in [5, 5.41) is 3.91. The topological polar surface area (TPSA) is 49.4 Å². The second kappa shape index (κ2) is 10.8. The van der Waals surface area contributed by atoms with E-state index in [1.807, 2.05) is 29.2 Å². The SMILES string of the molecule is O=C(CCC1CCCCC1)NC1CCN(C(=O)CCc2ccc(Cl)cc2)CC1. The molecule has 1 saturated heterocycles. The van der Waals surface area contributed by atoms with Crippen molar-refractivity contribution in [3.63, 3.8) is 0 Å². The number of carbonyl (C=O) groups is 2. The molecule has 1 heterocycles. The van der Waals surface area contributed by atoms with Crippen molar-refractivity contribution in [3.8, 4) is 0 Å². The van der Waals surface area contributed by atoms with Crippen molar-refractivity contribution < 1.29 is 9.59 Å². The van der Waals surface area contributed by atoms with Crippen LogP contribution in [0, 0.1) is 5.92 Å². The van der Waals surface area contributed by atoms with E-state index in [-0.39, 0.29) is 17.9 Å². The van der Waals surface area contributed by atoms with Gasteiger partial charge in [0.1, 0.15) is 0 Å². The summed E-state index contributed by atoms with van der Waals surface area (Å²) in [6.07, 6.45) is 11.3. The van der Waals surface area contributed by atoms with E-state index in [0.717, 1.165) is 55.3 Å². The van der Waals surface area contributed by atoms with Crippen LogP contribution in [-0.4, -0.2) is 35.8 Å². The van der Waals surface area contributed by atoms with Crippen molar-refractivity contribution in [3.05, 3.63) is 34.9 Å². The summed E-state index contributed by atoms with van der Waals surface area (Å²) in [6.45, 7) is 1.49. The van der Waals surface area contributed by atoms with Crippen molar-refractivity contribution in [2.24, 2.45) is 5.92 Å². The summed E-state index contributed by atoms with van der Waals surface area (Å²) in [5.74, 6) is 1.15. The van der Waals surface area contributed by atoms with Crippen molar-refractivity contribution in [2.75, 3.05) is 13.1 Å². The van der Waals surface area contributed by atoms with Crippen LogP contribution in [-0.2, 0) is 16.0 Å². The van der Waals surface area contributed by atoms with Crippen LogP contribution in [0.5, 0.6) is 0 Å². The van der Waals surface area contributed by atoms with E-state index in [1.165, 1.54) is 32.1 Å². The molecule has 154 valence electrons. The number of hydrogen-bond donors (Lipinski definition) is 1. The van der Waals surface area contributed by atoms with Gasteiger partial charge < -0.3 is 10.2 Å². The largest absolute Gasteiger partial charge is 0.353 e. The first-order valence-corrected chi connectivity index (χ1v) is 11.3. The Hall–Kier alpha value is -1.55. The summed E-state index contributed by atoms with van der Waals surface area (Å²) in [4.78, 5) is 26.7. The highest BCUT2D eigenvalue weighted by Gasteiger charge is 2.24. The first-order valence-electron chi connectivity index (χ1n) is 10.9. The fourth-order valence-electron chi connectivity index (χ4n) is 4.44. The summed E-state index contributed by atoms with van der Waals surface area (Å²) in [6, 6.07) is 7.90. The average Bonchev–Trinajstić information content (AvgIpc) is 2.73.